The number of ether oxygens (including phenoxy) is 1. The van der Waals surface area contributed by atoms with Crippen LogP contribution in [0, 0.1) is 18.8 Å². The Bertz CT molecular complexity index is 1330. The summed E-state index contributed by atoms with van der Waals surface area (Å²) < 4.78 is 7.80. The number of carbonyl (C=O) groups is 2. The molecule has 4 atom stereocenters. The first kappa shape index (κ1) is 28.4. The number of nitrogens with zero attached hydrogens (tertiary/aromatic N) is 2. The monoisotopic (exact) mass is 544 g/mol. The number of aromatic nitrogens is 1. The van der Waals surface area contributed by atoms with Crippen molar-refractivity contribution >= 4 is 28.4 Å². The summed E-state index contributed by atoms with van der Waals surface area (Å²) >= 11 is 0. The number of carbonyl (C=O) groups excluding carboxylic acids is 2. The molecule has 5 rings (SSSR count). The van der Waals surface area contributed by atoms with Gasteiger partial charge >= 0.3 is 0 Å². The van der Waals surface area contributed by atoms with Gasteiger partial charge < -0.3 is 25.3 Å². The number of hydrogen-bond donors (Lipinski definition) is 2. The SMILES string of the molecule is COCCCn1c(C2CCCN(C(=O)CC(N)Cc3ccc(NC(=O)C4CC4C)cc3)C2)c(C)c2ccccc21. The van der Waals surface area contributed by atoms with Gasteiger partial charge in [0.15, 0.2) is 0 Å². The third kappa shape index (κ3) is 6.42. The second kappa shape index (κ2) is 12.6. The molecule has 2 amide bonds. The summed E-state index contributed by atoms with van der Waals surface area (Å²) in [4.78, 5) is 27.6. The number of amides is 2. The van der Waals surface area contributed by atoms with Gasteiger partial charge in [-0.25, -0.2) is 0 Å². The highest BCUT2D eigenvalue weighted by molar-refractivity contribution is 5.94. The van der Waals surface area contributed by atoms with Gasteiger partial charge in [-0.15, -0.1) is 0 Å². The first-order valence-electron chi connectivity index (χ1n) is 14.9. The van der Waals surface area contributed by atoms with E-state index in [0.717, 1.165) is 63.2 Å². The van der Waals surface area contributed by atoms with Gasteiger partial charge in [-0.05, 0) is 74.3 Å². The Balaban J connectivity index is 1.20. The van der Waals surface area contributed by atoms with Crippen LogP contribution >= 0.6 is 0 Å². The summed E-state index contributed by atoms with van der Waals surface area (Å²) in [6.45, 7) is 7.50. The van der Waals surface area contributed by atoms with E-state index >= 15 is 0 Å². The number of benzene rings is 2. The van der Waals surface area contributed by atoms with E-state index in [-0.39, 0.29) is 23.8 Å². The lowest BCUT2D eigenvalue weighted by atomic mass is 9.91. The second-order valence-corrected chi connectivity index (χ2v) is 11.9. The molecule has 2 aliphatic rings. The van der Waals surface area contributed by atoms with Gasteiger partial charge in [0.2, 0.25) is 11.8 Å². The molecule has 1 saturated heterocycles. The number of rotatable bonds is 11. The molecule has 214 valence electrons. The highest BCUT2D eigenvalue weighted by atomic mass is 16.5. The molecule has 1 saturated carbocycles. The molecule has 2 heterocycles. The predicted octanol–water partition coefficient (Wildman–Crippen LogP) is 5.25. The van der Waals surface area contributed by atoms with Gasteiger partial charge in [0.05, 0.1) is 0 Å². The van der Waals surface area contributed by atoms with Crippen molar-refractivity contribution in [3.8, 4) is 0 Å². The number of likely N-dealkylation sites (tertiary alicyclic amines) is 1. The van der Waals surface area contributed by atoms with Crippen molar-refractivity contribution in [3.05, 3.63) is 65.4 Å². The number of anilines is 1. The summed E-state index contributed by atoms with van der Waals surface area (Å²) in [6, 6.07) is 16.2. The Morgan fingerprint density at radius 3 is 2.62 bits per heavy atom. The number of methoxy groups -OCH3 is 1. The minimum atomic E-state index is -0.247. The largest absolute Gasteiger partial charge is 0.385 e. The molecule has 1 aromatic heterocycles. The zero-order valence-corrected chi connectivity index (χ0v) is 24.2. The Labute approximate surface area is 238 Å². The highest BCUT2D eigenvalue weighted by Crippen LogP contribution is 2.38. The smallest absolute Gasteiger partial charge is 0.227 e. The number of fused-ring (bicyclic) bond motifs is 1. The van der Waals surface area contributed by atoms with Crippen LogP contribution in [0.15, 0.2) is 48.5 Å². The summed E-state index contributed by atoms with van der Waals surface area (Å²) in [6.07, 6.45) is 4.97. The molecule has 1 aliphatic heterocycles. The van der Waals surface area contributed by atoms with Gasteiger partial charge in [0.1, 0.15) is 0 Å². The molecule has 1 aliphatic carbocycles. The zero-order valence-electron chi connectivity index (χ0n) is 24.2. The van der Waals surface area contributed by atoms with Gasteiger partial charge in [-0.1, -0.05) is 37.3 Å². The van der Waals surface area contributed by atoms with Crippen LogP contribution < -0.4 is 11.1 Å². The molecule has 0 bridgehead atoms. The number of nitrogens with one attached hydrogen (secondary N) is 1. The fraction of sp³-hybridized carbons (Fsp3) is 0.515. The number of aryl methyl sites for hydroxylation is 2. The van der Waals surface area contributed by atoms with Crippen molar-refractivity contribution in [1.82, 2.24) is 9.47 Å². The molecule has 3 aromatic rings. The van der Waals surface area contributed by atoms with Crippen LogP contribution in [-0.2, 0) is 27.3 Å². The fourth-order valence-corrected chi connectivity index (χ4v) is 6.43. The first-order valence-corrected chi connectivity index (χ1v) is 14.9. The van der Waals surface area contributed by atoms with Crippen molar-refractivity contribution in [2.24, 2.45) is 17.6 Å². The summed E-state index contributed by atoms with van der Waals surface area (Å²) in [7, 11) is 1.75. The minimum absolute atomic E-state index is 0.105. The number of piperidine rings is 1. The standard InChI is InChI=1S/C33H44N4O3/c1-22-18-29(22)33(39)35-27-13-11-24(12-14-27)19-26(34)20-31(38)36-15-6-8-25(21-36)32-23(2)28-9-4-5-10-30(28)37(32)16-7-17-40-3/h4-5,9-14,22,25-26,29H,6-8,15-21,34H2,1-3H3,(H,35,39). The molecular weight excluding hydrogens is 500 g/mol. The number of para-hydroxylation sites is 1. The van der Waals surface area contributed by atoms with Gasteiger partial charge in [0, 0.05) is 79.9 Å². The number of nitrogens with two attached hydrogens (primary N) is 1. The van der Waals surface area contributed by atoms with Gasteiger partial charge in [-0.3, -0.25) is 9.59 Å². The topological polar surface area (TPSA) is 89.6 Å². The molecule has 0 radical (unpaired) electrons. The maximum absolute atomic E-state index is 13.4. The molecule has 2 fully saturated rings. The lowest BCUT2D eigenvalue weighted by molar-refractivity contribution is -0.132. The summed E-state index contributed by atoms with van der Waals surface area (Å²) in [5, 5.41) is 4.30. The average Bonchev–Trinajstić information content (AvgIpc) is 3.63. The van der Waals surface area contributed by atoms with E-state index in [4.69, 9.17) is 10.5 Å². The van der Waals surface area contributed by atoms with Crippen molar-refractivity contribution < 1.29 is 14.3 Å². The summed E-state index contributed by atoms with van der Waals surface area (Å²) in [5.41, 5.74) is 12.3. The minimum Gasteiger partial charge on any atom is -0.385 e. The molecule has 4 unspecified atom stereocenters. The first-order chi connectivity index (χ1) is 19.4. The quantitative estimate of drug-likeness (QED) is 0.323. The van der Waals surface area contributed by atoms with Crippen LogP contribution in [0.4, 0.5) is 5.69 Å². The Morgan fingerprint density at radius 1 is 1.15 bits per heavy atom. The molecule has 7 nitrogen and oxygen atoms in total. The van der Waals surface area contributed by atoms with Crippen molar-refractivity contribution in [2.75, 3.05) is 32.1 Å². The van der Waals surface area contributed by atoms with Crippen LogP contribution in [0.1, 0.15) is 61.8 Å². The predicted molar refractivity (Wildman–Crippen MR) is 160 cm³/mol. The average molecular weight is 545 g/mol. The van der Waals surface area contributed by atoms with Gasteiger partial charge in [0.25, 0.3) is 0 Å². The summed E-state index contributed by atoms with van der Waals surface area (Å²) in [5.74, 6) is 1.19. The van der Waals surface area contributed by atoms with Gasteiger partial charge in [-0.2, -0.15) is 0 Å². The Kier molecular flexibility index (Phi) is 8.91. The molecule has 0 spiro atoms. The zero-order chi connectivity index (χ0) is 28.2. The lowest BCUT2D eigenvalue weighted by Crippen LogP contribution is -2.42. The van der Waals surface area contributed by atoms with E-state index in [0.29, 0.717) is 24.7 Å². The van der Waals surface area contributed by atoms with E-state index in [1.54, 1.807) is 7.11 Å². The molecule has 2 aromatic carbocycles. The van der Waals surface area contributed by atoms with Crippen molar-refractivity contribution in [3.63, 3.8) is 0 Å². The third-order valence-corrected chi connectivity index (χ3v) is 8.77. The second-order valence-electron chi connectivity index (χ2n) is 11.9. The van der Waals surface area contributed by atoms with E-state index in [9.17, 15) is 9.59 Å². The van der Waals surface area contributed by atoms with Crippen LogP contribution in [0.5, 0.6) is 0 Å². The molecular formula is C33H44N4O3. The maximum Gasteiger partial charge on any atom is 0.227 e. The van der Waals surface area contributed by atoms with Crippen LogP contribution in [0.2, 0.25) is 0 Å². The molecule has 7 heteroatoms. The molecule has 3 N–H and O–H groups in total. The van der Waals surface area contributed by atoms with E-state index < -0.39 is 0 Å². The van der Waals surface area contributed by atoms with Crippen molar-refractivity contribution in [2.45, 2.75) is 70.9 Å². The number of hydrogen-bond acceptors (Lipinski definition) is 4. The van der Waals surface area contributed by atoms with E-state index in [2.05, 4.69) is 48.0 Å². The van der Waals surface area contributed by atoms with Crippen LogP contribution in [0.3, 0.4) is 0 Å². The van der Waals surface area contributed by atoms with Crippen molar-refractivity contribution in [1.29, 1.82) is 0 Å². The third-order valence-electron chi connectivity index (χ3n) is 8.77. The Morgan fingerprint density at radius 2 is 1.90 bits per heavy atom. The normalized spacial score (nSPS) is 21.4. The van der Waals surface area contributed by atoms with E-state index in [1.807, 2.05) is 29.2 Å². The van der Waals surface area contributed by atoms with Crippen LogP contribution in [0.25, 0.3) is 10.9 Å². The van der Waals surface area contributed by atoms with E-state index in [1.165, 1.54) is 22.2 Å². The fourth-order valence-electron chi connectivity index (χ4n) is 6.43. The maximum atomic E-state index is 13.4. The Hall–Kier alpha value is -3.16. The van der Waals surface area contributed by atoms with Crippen LogP contribution in [-0.4, -0.2) is 54.1 Å². The lowest BCUT2D eigenvalue weighted by Gasteiger charge is -2.34. The highest BCUT2D eigenvalue weighted by Gasteiger charge is 2.39. The molecule has 40 heavy (non-hydrogen) atoms.